The first-order valence-corrected chi connectivity index (χ1v) is 10.5. The fourth-order valence-corrected chi connectivity index (χ4v) is 4.70. The molecular formula is C19H23ClN2O3S. The molecule has 7 heteroatoms. The summed E-state index contributed by atoms with van der Waals surface area (Å²) in [4.78, 5) is 2.43. The summed E-state index contributed by atoms with van der Waals surface area (Å²) in [5, 5.41) is 0.359. The predicted molar refractivity (Wildman–Crippen MR) is 103 cm³/mol. The second-order valence-electron chi connectivity index (χ2n) is 6.34. The van der Waals surface area contributed by atoms with E-state index in [1.807, 2.05) is 0 Å². The van der Waals surface area contributed by atoms with Crippen LogP contribution in [0.15, 0.2) is 47.4 Å². The van der Waals surface area contributed by atoms with Gasteiger partial charge in [0, 0.05) is 24.7 Å². The number of ether oxygens (including phenoxy) is 1. The topological polar surface area (TPSA) is 58.6 Å². The molecule has 1 aliphatic rings. The van der Waals surface area contributed by atoms with Crippen molar-refractivity contribution in [1.29, 1.82) is 0 Å². The molecule has 0 amide bonds. The van der Waals surface area contributed by atoms with E-state index < -0.39 is 10.0 Å². The average molecular weight is 395 g/mol. The minimum Gasteiger partial charge on any atom is -0.495 e. The van der Waals surface area contributed by atoms with Crippen LogP contribution in [-0.4, -0.2) is 40.1 Å². The van der Waals surface area contributed by atoms with Crippen LogP contribution >= 0.6 is 11.6 Å². The van der Waals surface area contributed by atoms with Crippen LogP contribution in [0.2, 0.25) is 5.02 Å². The Labute approximate surface area is 160 Å². The maximum absolute atomic E-state index is 12.5. The van der Waals surface area contributed by atoms with E-state index in [0.717, 1.165) is 32.5 Å². The molecule has 1 N–H and O–H groups in total. The lowest BCUT2D eigenvalue weighted by Gasteiger charge is -2.28. The lowest BCUT2D eigenvalue weighted by atomic mass is 10.00. The van der Waals surface area contributed by atoms with Crippen molar-refractivity contribution < 1.29 is 13.2 Å². The van der Waals surface area contributed by atoms with Gasteiger partial charge in [-0.2, -0.15) is 0 Å². The highest BCUT2D eigenvalue weighted by atomic mass is 35.5. The Morgan fingerprint density at radius 2 is 1.96 bits per heavy atom. The molecule has 0 aliphatic carbocycles. The molecule has 0 unspecified atom stereocenters. The van der Waals surface area contributed by atoms with Gasteiger partial charge in [-0.25, -0.2) is 13.1 Å². The number of fused-ring (bicyclic) bond motifs is 1. The SMILES string of the molecule is COc1ccc(Cl)cc1S(=O)(=O)NCCCN1CCc2ccccc2C1. The van der Waals surface area contributed by atoms with E-state index >= 15 is 0 Å². The molecule has 0 fully saturated rings. The average Bonchev–Trinajstić information content (AvgIpc) is 2.65. The van der Waals surface area contributed by atoms with Gasteiger partial charge in [0.25, 0.3) is 0 Å². The van der Waals surface area contributed by atoms with Crippen LogP contribution in [-0.2, 0) is 23.0 Å². The van der Waals surface area contributed by atoms with Crippen LogP contribution in [0.1, 0.15) is 17.5 Å². The Hall–Kier alpha value is -1.60. The van der Waals surface area contributed by atoms with Gasteiger partial charge in [0.2, 0.25) is 10.0 Å². The van der Waals surface area contributed by atoms with Gasteiger partial charge in [0.15, 0.2) is 0 Å². The maximum Gasteiger partial charge on any atom is 0.244 e. The van der Waals surface area contributed by atoms with Crippen molar-refractivity contribution in [2.45, 2.75) is 24.3 Å². The van der Waals surface area contributed by atoms with Crippen molar-refractivity contribution in [3.05, 3.63) is 58.6 Å². The smallest absolute Gasteiger partial charge is 0.244 e. The highest BCUT2D eigenvalue weighted by Crippen LogP contribution is 2.26. The Morgan fingerprint density at radius 3 is 2.73 bits per heavy atom. The van der Waals surface area contributed by atoms with Gasteiger partial charge in [0.05, 0.1) is 7.11 Å². The number of sulfonamides is 1. The van der Waals surface area contributed by atoms with E-state index in [0.29, 0.717) is 11.6 Å². The van der Waals surface area contributed by atoms with Crippen molar-refractivity contribution in [1.82, 2.24) is 9.62 Å². The third-order valence-electron chi connectivity index (χ3n) is 4.57. The van der Waals surface area contributed by atoms with Crippen LogP contribution in [0.5, 0.6) is 5.75 Å². The fourth-order valence-electron chi connectivity index (χ4n) is 3.19. The van der Waals surface area contributed by atoms with E-state index in [2.05, 4.69) is 33.9 Å². The molecule has 0 saturated carbocycles. The van der Waals surface area contributed by atoms with Gasteiger partial charge in [-0.05, 0) is 48.7 Å². The third kappa shape index (κ3) is 4.57. The van der Waals surface area contributed by atoms with Crippen molar-refractivity contribution in [2.75, 3.05) is 26.7 Å². The summed E-state index contributed by atoms with van der Waals surface area (Å²) in [6, 6.07) is 13.1. The lowest BCUT2D eigenvalue weighted by molar-refractivity contribution is 0.251. The Kier molecular flexibility index (Phi) is 6.19. The van der Waals surface area contributed by atoms with Gasteiger partial charge in [-0.3, -0.25) is 4.90 Å². The molecule has 0 spiro atoms. The molecule has 1 heterocycles. The maximum atomic E-state index is 12.5. The van der Waals surface area contributed by atoms with E-state index in [9.17, 15) is 8.42 Å². The summed E-state index contributed by atoms with van der Waals surface area (Å²) in [6.45, 7) is 3.15. The first kappa shape index (κ1) is 19.2. The Morgan fingerprint density at radius 1 is 1.19 bits per heavy atom. The summed E-state index contributed by atoms with van der Waals surface area (Å²) in [5.41, 5.74) is 2.78. The normalized spacial score (nSPS) is 14.8. The second-order valence-corrected chi connectivity index (χ2v) is 8.51. The number of nitrogens with one attached hydrogen (secondary N) is 1. The summed E-state index contributed by atoms with van der Waals surface area (Å²) >= 11 is 5.93. The lowest BCUT2D eigenvalue weighted by Crippen LogP contribution is -2.33. The zero-order valence-corrected chi connectivity index (χ0v) is 16.3. The van der Waals surface area contributed by atoms with Gasteiger partial charge in [-0.15, -0.1) is 0 Å². The summed E-state index contributed by atoms with van der Waals surface area (Å²) in [5.74, 6) is 0.287. The molecule has 0 aromatic heterocycles. The number of halogens is 1. The van der Waals surface area contributed by atoms with Gasteiger partial charge < -0.3 is 4.74 Å². The second kappa shape index (κ2) is 8.39. The number of nitrogens with zero attached hydrogens (tertiary/aromatic N) is 1. The number of hydrogen-bond donors (Lipinski definition) is 1. The van der Waals surface area contributed by atoms with Crippen molar-refractivity contribution >= 4 is 21.6 Å². The quantitative estimate of drug-likeness (QED) is 0.733. The van der Waals surface area contributed by atoms with Crippen LogP contribution in [0.25, 0.3) is 0 Å². The summed E-state index contributed by atoms with van der Waals surface area (Å²) < 4.78 is 32.8. The Balaban J connectivity index is 1.53. The van der Waals surface area contributed by atoms with Gasteiger partial charge in [-0.1, -0.05) is 35.9 Å². The minimum atomic E-state index is -3.66. The fraction of sp³-hybridized carbons (Fsp3) is 0.368. The van der Waals surface area contributed by atoms with E-state index in [1.54, 1.807) is 12.1 Å². The van der Waals surface area contributed by atoms with Crippen molar-refractivity contribution in [2.24, 2.45) is 0 Å². The van der Waals surface area contributed by atoms with Crippen LogP contribution < -0.4 is 9.46 Å². The van der Waals surface area contributed by atoms with Gasteiger partial charge in [0.1, 0.15) is 10.6 Å². The molecule has 0 atom stereocenters. The van der Waals surface area contributed by atoms with Crippen molar-refractivity contribution in [3.63, 3.8) is 0 Å². The molecule has 2 aromatic rings. The third-order valence-corrected chi connectivity index (χ3v) is 6.29. The zero-order valence-electron chi connectivity index (χ0n) is 14.7. The first-order valence-electron chi connectivity index (χ1n) is 8.62. The molecule has 26 heavy (non-hydrogen) atoms. The predicted octanol–water partition coefficient (Wildman–Crippen LogP) is 3.08. The molecule has 0 saturated heterocycles. The number of rotatable bonds is 7. The highest BCUT2D eigenvalue weighted by Gasteiger charge is 2.20. The molecule has 0 bridgehead atoms. The van der Waals surface area contributed by atoms with E-state index in [-0.39, 0.29) is 10.6 Å². The van der Waals surface area contributed by atoms with Crippen LogP contribution in [0, 0.1) is 0 Å². The molecule has 1 aliphatic heterocycles. The van der Waals surface area contributed by atoms with E-state index in [1.165, 1.54) is 24.3 Å². The molecular weight excluding hydrogens is 372 g/mol. The van der Waals surface area contributed by atoms with Crippen LogP contribution in [0.3, 0.4) is 0 Å². The summed E-state index contributed by atoms with van der Waals surface area (Å²) in [7, 11) is -2.21. The molecule has 0 radical (unpaired) electrons. The number of methoxy groups -OCH3 is 1. The van der Waals surface area contributed by atoms with E-state index in [4.69, 9.17) is 16.3 Å². The van der Waals surface area contributed by atoms with Gasteiger partial charge >= 0.3 is 0 Å². The molecule has 5 nitrogen and oxygen atoms in total. The number of benzene rings is 2. The monoisotopic (exact) mass is 394 g/mol. The zero-order chi connectivity index (χ0) is 18.6. The molecule has 3 rings (SSSR count). The molecule has 2 aromatic carbocycles. The largest absolute Gasteiger partial charge is 0.495 e. The summed E-state index contributed by atoms with van der Waals surface area (Å²) in [6.07, 6.45) is 1.78. The number of hydrogen-bond acceptors (Lipinski definition) is 4. The Bertz CT molecular complexity index is 871. The van der Waals surface area contributed by atoms with Crippen molar-refractivity contribution in [3.8, 4) is 5.75 Å². The first-order chi connectivity index (χ1) is 12.5. The van der Waals surface area contributed by atoms with Crippen LogP contribution in [0.4, 0.5) is 0 Å². The highest BCUT2D eigenvalue weighted by molar-refractivity contribution is 7.89. The molecule has 140 valence electrons. The standard InChI is InChI=1S/C19H23ClN2O3S/c1-25-18-8-7-17(20)13-19(18)26(23,24)21-10-4-11-22-12-9-15-5-2-3-6-16(15)14-22/h2-3,5-8,13,21H,4,9-12,14H2,1H3. The minimum absolute atomic E-state index is 0.0689.